The number of carbonyl (C=O) groups excluding carboxylic acids is 1. The Bertz CT molecular complexity index is 3130. The summed E-state index contributed by atoms with van der Waals surface area (Å²) in [5.74, 6) is 0. The number of aromatic nitrogens is 7. The minimum absolute atomic E-state index is 0.0000463. The number of nitro groups is 2. The molecule has 8 aromatic rings. The van der Waals surface area contributed by atoms with Crippen molar-refractivity contribution in [3.63, 3.8) is 0 Å². The number of aryl methyl sites for hydroxylation is 1. The first-order chi connectivity index (χ1) is 34.9. The number of rotatable bonds is 15. The molecule has 39 heteroatoms. The van der Waals surface area contributed by atoms with Crippen LogP contribution in [0.2, 0.25) is 15.1 Å². The highest BCUT2D eigenvalue weighted by atomic mass is 35.5. The van der Waals surface area contributed by atoms with E-state index in [0.717, 1.165) is 38.6 Å². The SMILES string of the molecule is COC(=O)Nc1cc(Cl)c2ccn(Cc3cnc[nH]3)c2c1.Cn1cnc(Cn2ccc3c(Cl)cc([N+](=O)[O-])cc32)c1.O=[N+]([O-])c1cc(Cl)c2cc[nH]c2c1.[B]B([B])B([B])B(B(B([B])[B])B([B])[B])B(B([B])[B])B([B])[B]. The van der Waals surface area contributed by atoms with Crippen LogP contribution < -0.4 is 5.32 Å². The normalized spacial score (nSPS) is 10.4. The van der Waals surface area contributed by atoms with Crippen molar-refractivity contribution in [1.29, 1.82) is 0 Å². The van der Waals surface area contributed by atoms with Crippen molar-refractivity contribution in [1.82, 2.24) is 33.6 Å². The van der Waals surface area contributed by atoms with Gasteiger partial charge < -0.3 is 28.4 Å². The van der Waals surface area contributed by atoms with Gasteiger partial charge in [-0.15, -0.1) is 0 Å². The highest BCUT2D eigenvalue weighted by Gasteiger charge is 2.44. The minimum Gasteiger partial charge on any atom is -0.453 e. The third-order valence-electron chi connectivity index (χ3n) is 11.7. The van der Waals surface area contributed by atoms with Gasteiger partial charge in [-0.25, -0.2) is 14.8 Å². The van der Waals surface area contributed by atoms with Crippen LogP contribution in [0.1, 0.15) is 11.4 Å². The fourth-order valence-electron chi connectivity index (χ4n) is 8.17. The van der Waals surface area contributed by atoms with E-state index >= 15 is 0 Å². The van der Waals surface area contributed by atoms with Crippen LogP contribution in [0, 0.1) is 20.2 Å². The van der Waals surface area contributed by atoms with Crippen LogP contribution in [-0.2, 0) is 24.9 Å². The van der Waals surface area contributed by atoms with Crippen LogP contribution in [0.3, 0.4) is 0 Å². The summed E-state index contributed by atoms with van der Waals surface area (Å²) >= 11 is 18.2. The molecule has 22 radical (unpaired) electrons. The van der Waals surface area contributed by atoms with Crippen molar-refractivity contribution in [2.45, 2.75) is 13.1 Å². The number of aromatic amines is 2. The van der Waals surface area contributed by atoms with Gasteiger partial charge in [-0.05, 0) is 30.3 Å². The summed E-state index contributed by atoms with van der Waals surface area (Å²) in [7, 11) is 66.4. The van der Waals surface area contributed by atoms with Crippen molar-refractivity contribution in [3.05, 3.63) is 145 Å². The Morgan fingerprint density at radius 2 is 1.23 bits per heavy atom. The number of carbonyl (C=O) groups is 1. The number of methoxy groups -OCH3 is 1. The van der Waals surface area contributed by atoms with Crippen LogP contribution in [-0.4, -0.2) is 199 Å². The lowest BCUT2D eigenvalue weighted by Crippen LogP contribution is -2.80. The number of amides is 1. The number of anilines is 1. The summed E-state index contributed by atoms with van der Waals surface area (Å²) in [6.45, 7) is 1.18. The molecule has 0 atom stereocenters. The Morgan fingerprint density at radius 1 is 0.703 bits per heavy atom. The number of benzene rings is 3. The second kappa shape index (κ2) is 27.1. The number of H-pyrrole nitrogens is 2. The molecule has 5 heterocycles. The zero-order valence-corrected chi connectivity index (χ0v) is 42.2. The summed E-state index contributed by atoms with van der Waals surface area (Å²) in [6, 6.07) is 14.8. The second-order valence-corrected chi connectivity index (χ2v) is 18.2. The first-order valence-electron chi connectivity index (χ1n) is 22.1. The molecular formula is C35H29B20Cl3N10O6. The molecule has 74 heavy (non-hydrogen) atoms. The van der Waals surface area contributed by atoms with E-state index in [1.807, 2.05) is 57.5 Å². The van der Waals surface area contributed by atoms with Crippen molar-refractivity contribution >= 4 is 233 Å². The topological polar surface area (TPSA) is 197 Å². The maximum atomic E-state index is 11.3. The third-order valence-corrected chi connectivity index (χ3v) is 12.6. The number of halogens is 3. The van der Waals surface area contributed by atoms with Gasteiger partial charge in [-0.2, -0.15) is 0 Å². The van der Waals surface area contributed by atoms with Crippen LogP contribution in [0.5, 0.6) is 0 Å². The lowest BCUT2D eigenvalue weighted by atomic mass is 8.39. The van der Waals surface area contributed by atoms with Gasteiger partial charge in [0, 0.05) is 227 Å². The zero-order valence-electron chi connectivity index (χ0n) is 39.9. The molecule has 336 valence electrons. The monoisotopic (exact) mass is 1010 g/mol. The van der Waals surface area contributed by atoms with Gasteiger partial charge in [0.2, 0.25) is 0 Å². The van der Waals surface area contributed by atoms with E-state index in [1.165, 1.54) is 31.4 Å². The van der Waals surface area contributed by atoms with Gasteiger partial charge in [0.05, 0.1) is 85.7 Å². The van der Waals surface area contributed by atoms with Crippen LogP contribution in [0.4, 0.5) is 21.9 Å². The fraction of sp³-hybridized carbons (Fsp3) is 0.114. The van der Waals surface area contributed by atoms with Crippen LogP contribution in [0.25, 0.3) is 32.7 Å². The number of non-ortho nitro benzene ring substituents is 2. The summed E-state index contributed by atoms with van der Waals surface area (Å²) in [4.78, 5) is 45.9. The molecular weight excluding hydrogens is 979 g/mol. The summed E-state index contributed by atoms with van der Waals surface area (Å²) in [6.07, 6.45) is 4.84. The standard InChI is InChI=1S/C14H13ClN4O2.C13H11ClN4O2.C8H5ClN2O2.B20/c1-21-14(20)18-9-4-12(15)11-2-3-19(13(11)5-9)7-10-6-16-8-17-10;1-16-6-9(15-8-16)7-17-3-2-11-12(14)4-10(18(19)20)5-13(11)17;9-7-3-5(11(12)13)4-8-6(7)1-2-10-8;1-12(2)17(11)20(18(13(3)4)14(5)6)19(15(7)8)16(9)10/h2-6,8H,7H2,1H3,(H,16,17)(H,18,20);2-6,8H,7H2,1H3;1-4,10H;. The molecule has 1 amide bonds. The number of nitrogens with zero attached hydrogens (tertiary/aromatic N) is 7. The molecule has 8 rings (SSSR count). The zero-order chi connectivity index (χ0) is 54.7. The lowest BCUT2D eigenvalue weighted by molar-refractivity contribution is -0.384. The smallest absolute Gasteiger partial charge is 0.411 e. The molecule has 0 unspecified atom stereocenters. The molecule has 16 nitrogen and oxygen atoms in total. The Morgan fingerprint density at radius 3 is 1.72 bits per heavy atom. The van der Waals surface area contributed by atoms with Crippen LogP contribution >= 0.6 is 34.8 Å². The molecule has 0 saturated heterocycles. The highest BCUT2D eigenvalue weighted by Crippen LogP contribution is 2.32. The van der Waals surface area contributed by atoms with Crippen molar-refractivity contribution < 1.29 is 19.4 Å². The Kier molecular flexibility index (Phi) is 21.9. The second-order valence-electron chi connectivity index (χ2n) is 16.9. The van der Waals surface area contributed by atoms with E-state index in [-0.39, 0.29) is 11.4 Å². The van der Waals surface area contributed by atoms with Crippen molar-refractivity contribution in [3.8, 4) is 0 Å². The van der Waals surface area contributed by atoms with Gasteiger partial charge in [0.1, 0.15) is 0 Å². The molecule has 0 aliphatic heterocycles. The first kappa shape index (κ1) is 59.8. The summed E-state index contributed by atoms with van der Waals surface area (Å²) in [5.41, 5.74) is 4.77. The van der Waals surface area contributed by atoms with Gasteiger partial charge in [-0.3, -0.25) is 25.5 Å². The van der Waals surface area contributed by atoms with E-state index in [1.54, 1.807) is 37.2 Å². The lowest BCUT2D eigenvalue weighted by Gasteiger charge is -2.42. The maximum Gasteiger partial charge on any atom is 0.411 e. The van der Waals surface area contributed by atoms with E-state index in [9.17, 15) is 25.0 Å². The summed E-state index contributed by atoms with van der Waals surface area (Å²) < 4.78 is 10.4. The fourth-order valence-corrected chi connectivity index (χ4v) is 8.99. The van der Waals surface area contributed by atoms with Gasteiger partial charge >= 0.3 is 6.09 Å². The molecule has 3 N–H and O–H groups in total. The number of ether oxygens (including phenoxy) is 1. The molecule has 0 spiro atoms. The first-order valence-corrected chi connectivity index (χ1v) is 23.3. The number of nitro benzene ring substituents is 2. The largest absolute Gasteiger partial charge is 0.453 e. The number of nitrogens with one attached hydrogen (secondary N) is 3. The number of fused-ring (bicyclic) bond motifs is 3. The number of hydrogen-bond acceptors (Lipinski definition) is 8. The maximum absolute atomic E-state index is 11.3. The molecule has 3 aromatic carbocycles. The predicted octanol–water partition coefficient (Wildman–Crippen LogP) is 1.34. The molecule has 0 bridgehead atoms. The van der Waals surface area contributed by atoms with Crippen molar-refractivity contribution in [2.75, 3.05) is 12.4 Å². The number of hydrogen-bond donors (Lipinski definition) is 3. The van der Waals surface area contributed by atoms with Gasteiger partial charge in [-0.1, -0.05) is 34.8 Å². The van der Waals surface area contributed by atoms with E-state index in [0.29, 0.717) is 39.4 Å². The Labute approximate surface area is 460 Å². The molecule has 0 fully saturated rings. The Hall–Kier alpha value is -5.06. The molecule has 0 saturated carbocycles. The van der Waals surface area contributed by atoms with Crippen molar-refractivity contribution in [2.24, 2.45) is 7.05 Å². The minimum atomic E-state index is -0.889. The highest BCUT2D eigenvalue weighted by molar-refractivity contribution is 8.19. The van der Waals surface area contributed by atoms with E-state index in [4.69, 9.17) is 120 Å². The molecule has 5 aromatic heterocycles. The van der Waals surface area contributed by atoms with Gasteiger partial charge in [0.15, 0.2) is 0 Å². The molecule has 0 aliphatic rings. The van der Waals surface area contributed by atoms with Crippen LogP contribution in [0.15, 0.2) is 98.2 Å². The quantitative estimate of drug-likeness (QED) is 0.0778. The predicted molar refractivity (Wildman–Crippen MR) is 322 cm³/mol. The van der Waals surface area contributed by atoms with E-state index in [2.05, 4.69) is 30.0 Å². The van der Waals surface area contributed by atoms with E-state index < -0.39 is 73.4 Å². The Balaban J connectivity index is 0.000000185. The average Bonchev–Trinajstić information content (AvgIpc) is 4.20. The average molecular weight is 1010 g/mol. The number of imidazole rings is 2. The summed E-state index contributed by atoms with van der Waals surface area (Å²) in [5, 5.41) is 27.9. The molecule has 0 aliphatic carbocycles. The third kappa shape index (κ3) is 15.5. The van der Waals surface area contributed by atoms with Gasteiger partial charge in [0.25, 0.3) is 11.4 Å².